The maximum atomic E-state index is 14.5. The second-order valence-electron chi connectivity index (χ2n) is 10.5. The molecular weight excluding hydrogens is 498 g/mol. The topological polar surface area (TPSA) is 71.6 Å². The smallest absolute Gasteiger partial charge is 0.280 e. The summed E-state index contributed by atoms with van der Waals surface area (Å²) in [6, 6.07) is 10.1. The second-order valence-corrected chi connectivity index (χ2v) is 10.9. The van der Waals surface area contributed by atoms with E-state index < -0.39 is 5.54 Å². The van der Waals surface area contributed by atoms with Gasteiger partial charge in [0.25, 0.3) is 5.91 Å². The second kappa shape index (κ2) is 9.06. The number of nitrogens with zero attached hydrogens (tertiary/aromatic N) is 7. The van der Waals surface area contributed by atoms with Crippen LogP contribution in [-0.2, 0) is 5.54 Å². The standard InChI is InChI=1S/C29H32ClN7O/c1-6-34-13-11-22(12-14-34)29(21-7-9-23(30)10-8-21)26-25(31-17-36(26)18(2)3)28(38)37(29)24-15-19(4)27-33-32-20(5)35(27)16-24/h7-11,15-18H,6,12-14H2,1-5H3. The highest BCUT2D eigenvalue weighted by atomic mass is 35.5. The van der Waals surface area contributed by atoms with Crippen molar-refractivity contribution in [2.24, 2.45) is 0 Å². The Bertz CT molecular complexity index is 1580. The lowest BCUT2D eigenvalue weighted by Gasteiger charge is -2.44. The quantitative estimate of drug-likeness (QED) is 0.327. The molecule has 38 heavy (non-hydrogen) atoms. The van der Waals surface area contributed by atoms with Gasteiger partial charge in [0.2, 0.25) is 0 Å². The summed E-state index contributed by atoms with van der Waals surface area (Å²) in [4.78, 5) is 23.5. The summed E-state index contributed by atoms with van der Waals surface area (Å²) in [5.41, 5.74) is 5.23. The monoisotopic (exact) mass is 529 g/mol. The highest BCUT2D eigenvalue weighted by Gasteiger charge is 2.57. The molecule has 1 aromatic carbocycles. The van der Waals surface area contributed by atoms with Gasteiger partial charge in [-0.1, -0.05) is 36.7 Å². The van der Waals surface area contributed by atoms with Crippen LogP contribution in [0.2, 0.25) is 5.02 Å². The molecule has 2 aliphatic heterocycles. The Balaban J connectivity index is 1.71. The molecule has 1 atom stereocenters. The number of halogens is 1. The molecule has 0 saturated heterocycles. The molecule has 9 heteroatoms. The molecular formula is C29H32ClN7O. The number of imidazole rings is 1. The fourth-order valence-electron chi connectivity index (χ4n) is 6.08. The van der Waals surface area contributed by atoms with E-state index in [1.54, 1.807) is 0 Å². The minimum atomic E-state index is -0.875. The van der Waals surface area contributed by atoms with Gasteiger partial charge >= 0.3 is 0 Å². The highest BCUT2D eigenvalue weighted by Crippen LogP contribution is 2.53. The number of carbonyl (C=O) groups excluding carboxylic acids is 1. The minimum absolute atomic E-state index is 0.113. The first-order valence-corrected chi connectivity index (χ1v) is 13.6. The number of aryl methyl sites for hydroxylation is 2. The number of aromatic nitrogens is 5. The van der Waals surface area contributed by atoms with Crippen LogP contribution in [0.3, 0.4) is 0 Å². The summed E-state index contributed by atoms with van der Waals surface area (Å²) < 4.78 is 4.12. The number of hydrogen-bond acceptors (Lipinski definition) is 5. The van der Waals surface area contributed by atoms with Crippen LogP contribution in [0.1, 0.15) is 66.4 Å². The van der Waals surface area contributed by atoms with Crippen molar-refractivity contribution >= 4 is 28.8 Å². The lowest BCUT2D eigenvalue weighted by Crippen LogP contribution is -2.50. The number of rotatable bonds is 5. The van der Waals surface area contributed by atoms with Gasteiger partial charge in [-0.3, -0.25) is 19.0 Å². The fraction of sp³-hybridized carbons (Fsp3) is 0.379. The minimum Gasteiger partial charge on any atom is -0.329 e. The summed E-state index contributed by atoms with van der Waals surface area (Å²) in [5.74, 6) is 0.657. The zero-order valence-electron chi connectivity index (χ0n) is 22.4. The van der Waals surface area contributed by atoms with Gasteiger partial charge in [-0.2, -0.15) is 0 Å². The number of hydrogen-bond donors (Lipinski definition) is 0. The first-order valence-electron chi connectivity index (χ1n) is 13.2. The van der Waals surface area contributed by atoms with Crippen molar-refractivity contribution in [3.8, 4) is 0 Å². The third-order valence-corrected chi connectivity index (χ3v) is 8.26. The number of likely N-dealkylation sites (N-methyl/N-ethyl adjacent to an activating group) is 1. The van der Waals surface area contributed by atoms with Crippen molar-refractivity contribution in [3.05, 3.63) is 87.9 Å². The van der Waals surface area contributed by atoms with Crippen molar-refractivity contribution in [2.45, 2.75) is 52.6 Å². The van der Waals surface area contributed by atoms with Crippen molar-refractivity contribution < 1.29 is 4.79 Å². The maximum absolute atomic E-state index is 14.5. The van der Waals surface area contributed by atoms with E-state index in [4.69, 9.17) is 16.6 Å². The molecule has 0 fully saturated rings. The molecule has 0 radical (unpaired) electrons. The van der Waals surface area contributed by atoms with E-state index in [-0.39, 0.29) is 11.9 Å². The molecule has 0 N–H and O–H groups in total. The first-order chi connectivity index (χ1) is 18.3. The molecule has 8 nitrogen and oxygen atoms in total. The van der Waals surface area contributed by atoms with E-state index in [9.17, 15) is 4.79 Å². The number of amides is 1. The number of benzene rings is 1. The third-order valence-electron chi connectivity index (χ3n) is 8.00. The molecule has 5 heterocycles. The van der Waals surface area contributed by atoms with Gasteiger partial charge in [0.1, 0.15) is 11.4 Å². The Labute approximate surface area is 227 Å². The summed E-state index contributed by atoms with van der Waals surface area (Å²) in [7, 11) is 0. The normalized spacial score (nSPS) is 20.0. The van der Waals surface area contributed by atoms with Crippen LogP contribution in [0.25, 0.3) is 5.65 Å². The summed E-state index contributed by atoms with van der Waals surface area (Å²) in [6.07, 6.45) is 6.93. The summed E-state index contributed by atoms with van der Waals surface area (Å²) in [6.45, 7) is 13.1. The molecule has 196 valence electrons. The van der Waals surface area contributed by atoms with E-state index >= 15 is 0 Å². The van der Waals surface area contributed by atoms with Gasteiger partial charge in [0.15, 0.2) is 11.3 Å². The maximum Gasteiger partial charge on any atom is 0.280 e. The van der Waals surface area contributed by atoms with Crippen LogP contribution in [0.5, 0.6) is 0 Å². The van der Waals surface area contributed by atoms with Crippen LogP contribution in [0.15, 0.2) is 54.5 Å². The summed E-state index contributed by atoms with van der Waals surface area (Å²) in [5, 5.41) is 9.28. The zero-order chi connectivity index (χ0) is 26.8. The predicted octanol–water partition coefficient (Wildman–Crippen LogP) is 5.33. The SMILES string of the molecule is CCN1CC=C(C2(c3ccc(Cl)cc3)c3c(ncn3C(C)C)C(=O)N2c2cc(C)c3nnc(C)n3c2)CC1. The van der Waals surface area contributed by atoms with Crippen LogP contribution in [0.4, 0.5) is 5.69 Å². The average molecular weight is 530 g/mol. The van der Waals surface area contributed by atoms with E-state index in [1.165, 1.54) is 5.57 Å². The van der Waals surface area contributed by atoms with Crippen LogP contribution in [0, 0.1) is 13.8 Å². The molecule has 1 unspecified atom stereocenters. The molecule has 4 aromatic rings. The van der Waals surface area contributed by atoms with Gasteiger partial charge in [0.05, 0.1) is 17.7 Å². The van der Waals surface area contributed by atoms with Crippen LogP contribution >= 0.6 is 11.6 Å². The van der Waals surface area contributed by atoms with Crippen molar-refractivity contribution in [1.82, 2.24) is 29.0 Å². The number of fused-ring (bicyclic) bond motifs is 2. The Morgan fingerprint density at radius 3 is 2.55 bits per heavy atom. The Morgan fingerprint density at radius 2 is 1.89 bits per heavy atom. The fourth-order valence-corrected chi connectivity index (χ4v) is 6.20. The molecule has 0 aliphatic carbocycles. The first kappa shape index (κ1) is 24.8. The average Bonchev–Trinajstić information content (AvgIpc) is 3.58. The van der Waals surface area contributed by atoms with E-state index in [0.29, 0.717) is 10.7 Å². The highest BCUT2D eigenvalue weighted by molar-refractivity contribution is 6.30. The largest absolute Gasteiger partial charge is 0.329 e. The Kier molecular flexibility index (Phi) is 5.92. The summed E-state index contributed by atoms with van der Waals surface area (Å²) >= 11 is 6.38. The lowest BCUT2D eigenvalue weighted by molar-refractivity contribution is 0.0981. The zero-order valence-corrected chi connectivity index (χ0v) is 23.2. The van der Waals surface area contributed by atoms with E-state index in [1.807, 2.05) is 53.9 Å². The molecule has 0 spiro atoms. The molecule has 0 bridgehead atoms. The van der Waals surface area contributed by atoms with Crippen molar-refractivity contribution in [2.75, 3.05) is 24.5 Å². The molecule has 3 aromatic heterocycles. The number of carbonyl (C=O) groups is 1. The van der Waals surface area contributed by atoms with Gasteiger partial charge in [0, 0.05) is 30.4 Å². The Hall–Kier alpha value is -3.49. The number of pyridine rings is 1. The predicted molar refractivity (Wildman–Crippen MR) is 149 cm³/mol. The van der Waals surface area contributed by atoms with E-state index in [2.05, 4.69) is 58.6 Å². The molecule has 1 amide bonds. The molecule has 2 aliphatic rings. The lowest BCUT2D eigenvalue weighted by atomic mass is 9.76. The van der Waals surface area contributed by atoms with Crippen LogP contribution < -0.4 is 4.90 Å². The van der Waals surface area contributed by atoms with Crippen molar-refractivity contribution in [1.29, 1.82) is 0 Å². The van der Waals surface area contributed by atoms with Crippen molar-refractivity contribution in [3.63, 3.8) is 0 Å². The molecule has 6 rings (SSSR count). The Morgan fingerprint density at radius 1 is 1.13 bits per heavy atom. The molecule has 0 saturated carbocycles. The van der Waals surface area contributed by atoms with Gasteiger partial charge in [-0.25, -0.2) is 4.98 Å². The van der Waals surface area contributed by atoms with Crippen LogP contribution in [-0.4, -0.2) is 54.6 Å². The third kappa shape index (κ3) is 3.47. The number of anilines is 1. The van der Waals surface area contributed by atoms with Gasteiger partial charge < -0.3 is 4.57 Å². The van der Waals surface area contributed by atoms with E-state index in [0.717, 1.165) is 60.0 Å². The van der Waals surface area contributed by atoms with Gasteiger partial charge in [-0.15, -0.1) is 10.2 Å². The van der Waals surface area contributed by atoms with Gasteiger partial charge in [-0.05, 0) is 75.6 Å².